The van der Waals surface area contributed by atoms with Gasteiger partial charge in [-0.1, -0.05) is 18.2 Å². The highest BCUT2D eigenvalue weighted by Crippen LogP contribution is 2.41. The van der Waals surface area contributed by atoms with Gasteiger partial charge in [-0.3, -0.25) is 4.79 Å². The maximum atomic E-state index is 12.6. The molecule has 1 amide bonds. The first-order chi connectivity index (χ1) is 13.6. The van der Waals surface area contributed by atoms with Crippen LogP contribution in [0.4, 0.5) is 10.1 Å². The second-order valence-electron chi connectivity index (χ2n) is 6.43. The van der Waals surface area contributed by atoms with Gasteiger partial charge in [0.1, 0.15) is 18.0 Å². The summed E-state index contributed by atoms with van der Waals surface area (Å²) < 4.78 is 18.5. The Labute approximate surface area is 160 Å². The molecular weight excluding hydrogens is 357 g/mol. The number of rotatable bonds is 4. The molecule has 0 fully saturated rings. The molecule has 2 aliphatic rings. The van der Waals surface area contributed by atoms with Gasteiger partial charge in [0.25, 0.3) is 5.91 Å². The number of hydrogen-bond donors (Lipinski definition) is 3. The fourth-order valence-corrected chi connectivity index (χ4v) is 3.35. The summed E-state index contributed by atoms with van der Waals surface area (Å²) in [6.45, 7) is -0.674. The summed E-state index contributed by atoms with van der Waals surface area (Å²) in [5.74, 6) is 0.183. The number of nitrogens with one attached hydrogen (secondary N) is 2. The van der Waals surface area contributed by atoms with E-state index in [0.29, 0.717) is 33.5 Å². The quantitative estimate of drug-likeness (QED) is 0.372. The topological polar surface area (TPSA) is 92.1 Å². The van der Waals surface area contributed by atoms with Crippen molar-refractivity contribution >= 4 is 22.6 Å². The SMILES string of the molecule is N=c1ccc2c(-c3ccccc3C(=O)NCCF)c3ccc(N)cc3oc-2c1. The van der Waals surface area contributed by atoms with Crippen molar-refractivity contribution in [2.24, 2.45) is 0 Å². The van der Waals surface area contributed by atoms with Gasteiger partial charge in [-0.15, -0.1) is 0 Å². The second-order valence-corrected chi connectivity index (χ2v) is 6.43. The molecule has 0 saturated carbocycles. The van der Waals surface area contributed by atoms with E-state index in [9.17, 15) is 9.18 Å². The Balaban J connectivity index is 2.06. The van der Waals surface area contributed by atoms with Gasteiger partial charge in [-0.25, -0.2) is 4.39 Å². The van der Waals surface area contributed by atoms with E-state index in [1.54, 1.807) is 36.4 Å². The average Bonchev–Trinajstić information content (AvgIpc) is 2.70. The predicted molar refractivity (Wildman–Crippen MR) is 107 cm³/mol. The van der Waals surface area contributed by atoms with Crippen LogP contribution in [0.25, 0.3) is 33.4 Å². The van der Waals surface area contributed by atoms with Crippen molar-refractivity contribution < 1.29 is 13.6 Å². The first-order valence-corrected chi connectivity index (χ1v) is 8.83. The number of fused-ring (bicyclic) bond motifs is 2. The van der Waals surface area contributed by atoms with Crippen molar-refractivity contribution in [3.8, 4) is 22.5 Å². The highest BCUT2D eigenvalue weighted by Gasteiger charge is 2.21. The zero-order valence-electron chi connectivity index (χ0n) is 15.0. The molecule has 0 bridgehead atoms. The number of halogens is 1. The van der Waals surface area contributed by atoms with E-state index in [1.165, 1.54) is 0 Å². The standard InChI is InChI=1S/C22H18FN3O2/c23-9-10-26-22(27)16-4-2-1-3-15(16)21-17-7-5-13(24)11-19(17)28-20-12-14(25)6-8-18(20)21/h1-8,11-12,24H,9-10,25H2,(H,26,27). The normalized spacial score (nSPS) is 11.0. The van der Waals surface area contributed by atoms with Gasteiger partial charge in [0, 0.05) is 46.4 Å². The first-order valence-electron chi connectivity index (χ1n) is 8.83. The number of carbonyl (C=O) groups is 1. The van der Waals surface area contributed by atoms with Crippen molar-refractivity contribution in [1.82, 2.24) is 5.32 Å². The average molecular weight is 375 g/mol. The van der Waals surface area contributed by atoms with Crippen molar-refractivity contribution in [2.45, 2.75) is 0 Å². The monoisotopic (exact) mass is 375 g/mol. The third kappa shape index (κ3) is 3.09. The van der Waals surface area contributed by atoms with Crippen LogP contribution in [-0.4, -0.2) is 19.1 Å². The predicted octanol–water partition coefficient (Wildman–Crippen LogP) is 3.97. The molecule has 1 aliphatic heterocycles. The Bertz CT molecular complexity index is 1220. The number of alkyl halides is 1. The summed E-state index contributed by atoms with van der Waals surface area (Å²) >= 11 is 0. The number of anilines is 1. The van der Waals surface area contributed by atoms with Crippen molar-refractivity contribution in [3.05, 3.63) is 71.6 Å². The molecule has 5 nitrogen and oxygen atoms in total. The summed E-state index contributed by atoms with van der Waals surface area (Å²) in [6.07, 6.45) is 0. The van der Waals surface area contributed by atoms with Gasteiger partial charge in [-0.2, -0.15) is 0 Å². The van der Waals surface area contributed by atoms with Crippen LogP contribution < -0.4 is 16.4 Å². The molecule has 0 atom stereocenters. The van der Waals surface area contributed by atoms with Crippen molar-refractivity contribution in [1.29, 1.82) is 5.41 Å². The van der Waals surface area contributed by atoms with E-state index in [0.717, 1.165) is 16.5 Å². The van der Waals surface area contributed by atoms with Gasteiger partial charge < -0.3 is 20.9 Å². The summed E-state index contributed by atoms with van der Waals surface area (Å²) in [5.41, 5.74) is 9.77. The van der Waals surface area contributed by atoms with E-state index in [1.807, 2.05) is 24.3 Å². The maximum Gasteiger partial charge on any atom is 0.251 e. The maximum absolute atomic E-state index is 12.6. The number of carbonyl (C=O) groups excluding carboxylic acids is 1. The Morgan fingerprint density at radius 2 is 1.89 bits per heavy atom. The van der Waals surface area contributed by atoms with E-state index in [2.05, 4.69) is 5.32 Å². The zero-order chi connectivity index (χ0) is 19.7. The highest BCUT2D eigenvalue weighted by molar-refractivity contribution is 6.09. The molecule has 0 radical (unpaired) electrons. The molecule has 4 rings (SSSR count). The van der Waals surface area contributed by atoms with Crippen LogP contribution in [0.3, 0.4) is 0 Å². The number of nitrogens with two attached hydrogens (primary N) is 1. The lowest BCUT2D eigenvalue weighted by atomic mass is 9.90. The number of nitrogen functional groups attached to an aromatic ring is 1. The van der Waals surface area contributed by atoms with E-state index in [4.69, 9.17) is 15.6 Å². The molecule has 0 unspecified atom stereocenters. The third-order valence-electron chi connectivity index (χ3n) is 4.57. The first kappa shape index (κ1) is 17.7. The number of amides is 1. The Kier molecular flexibility index (Phi) is 4.53. The molecule has 6 heteroatoms. The third-order valence-corrected chi connectivity index (χ3v) is 4.57. The van der Waals surface area contributed by atoms with E-state index in [-0.39, 0.29) is 12.5 Å². The lowest BCUT2D eigenvalue weighted by Crippen LogP contribution is -2.26. The fraction of sp³-hybridized carbons (Fsp3) is 0.0909. The minimum absolute atomic E-state index is 0.0441. The molecule has 2 aromatic rings. The van der Waals surface area contributed by atoms with Gasteiger partial charge in [0.2, 0.25) is 0 Å². The smallest absolute Gasteiger partial charge is 0.251 e. The molecule has 0 spiro atoms. The largest absolute Gasteiger partial charge is 0.456 e. The van der Waals surface area contributed by atoms with Crippen LogP contribution in [0.2, 0.25) is 0 Å². The van der Waals surface area contributed by atoms with Crippen LogP contribution in [0.1, 0.15) is 10.4 Å². The molecule has 2 aromatic carbocycles. The van der Waals surface area contributed by atoms with Crippen molar-refractivity contribution in [2.75, 3.05) is 19.0 Å². The highest BCUT2D eigenvalue weighted by atomic mass is 19.1. The van der Waals surface area contributed by atoms with Crippen LogP contribution >= 0.6 is 0 Å². The molecule has 0 aromatic heterocycles. The lowest BCUT2D eigenvalue weighted by molar-refractivity contribution is 0.0951. The Hall–Kier alpha value is -3.67. The minimum Gasteiger partial charge on any atom is -0.456 e. The van der Waals surface area contributed by atoms with Crippen molar-refractivity contribution in [3.63, 3.8) is 0 Å². The fourth-order valence-electron chi connectivity index (χ4n) is 3.35. The second kappa shape index (κ2) is 7.15. The number of benzene rings is 3. The molecule has 4 N–H and O–H groups in total. The van der Waals surface area contributed by atoms with Crippen LogP contribution in [0.5, 0.6) is 0 Å². The molecule has 140 valence electrons. The molecule has 1 aliphatic carbocycles. The Morgan fingerprint density at radius 3 is 2.71 bits per heavy atom. The van der Waals surface area contributed by atoms with E-state index < -0.39 is 6.67 Å². The molecule has 0 saturated heterocycles. The zero-order valence-corrected chi connectivity index (χ0v) is 15.0. The summed E-state index contributed by atoms with van der Waals surface area (Å²) in [7, 11) is 0. The van der Waals surface area contributed by atoms with Crippen LogP contribution in [0, 0.1) is 5.41 Å². The van der Waals surface area contributed by atoms with Gasteiger partial charge in [0.15, 0.2) is 0 Å². The molecule has 1 heterocycles. The van der Waals surface area contributed by atoms with Gasteiger partial charge in [0.05, 0.1) is 5.36 Å². The summed E-state index contributed by atoms with van der Waals surface area (Å²) in [4.78, 5) is 12.6. The Morgan fingerprint density at radius 1 is 1.07 bits per heavy atom. The summed E-state index contributed by atoms with van der Waals surface area (Å²) in [5, 5.41) is 11.6. The van der Waals surface area contributed by atoms with Gasteiger partial charge >= 0.3 is 0 Å². The van der Waals surface area contributed by atoms with Crippen LogP contribution in [-0.2, 0) is 0 Å². The van der Waals surface area contributed by atoms with Gasteiger partial charge in [-0.05, 0) is 35.9 Å². The molecule has 28 heavy (non-hydrogen) atoms. The van der Waals surface area contributed by atoms with E-state index >= 15 is 0 Å². The molecular formula is C22H18FN3O2. The lowest BCUT2D eigenvalue weighted by Gasteiger charge is -2.17. The minimum atomic E-state index is -0.629. The number of hydrogen-bond acceptors (Lipinski definition) is 4. The summed E-state index contributed by atoms with van der Waals surface area (Å²) in [6, 6.07) is 17.6. The van der Waals surface area contributed by atoms with Crippen LogP contribution in [0.15, 0.2) is 65.1 Å².